The van der Waals surface area contributed by atoms with Crippen LogP contribution in [0.2, 0.25) is 0 Å². The Labute approximate surface area is 224 Å². The van der Waals surface area contributed by atoms with E-state index in [0.29, 0.717) is 22.7 Å². The minimum atomic E-state index is -3.65. The summed E-state index contributed by atoms with van der Waals surface area (Å²) in [5, 5.41) is 6.10. The highest BCUT2D eigenvalue weighted by molar-refractivity contribution is 6.02. The highest BCUT2D eigenvalue weighted by Crippen LogP contribution is 2.40. The number of halogens is 2. The lowest BCUT2D eigenvalue weighted by Crippen LogP contribution is -2.45. The van der Waals surface area contributed by atoms with Crippen molar-refractivity contribution in [1.29, 1.82) is 0 Å². The van der Waals surface area contributed by atoms with Gasteiger partial charge in [0.25, 0.3) is 11.8 Å². The summed E-state index contributed by atoms with van der Waals surface area (Å²) in [6.07, 6.45) is 2.22. The zero-order valence-corrected chi connectivity index (χ0v) is 21.8. The number of nitrogens with one attached hydrogen (secondary N) is 2. The second-order valence-corrected chi connectivity index (χ2v) is 9.65. The number of anilines is 5. The molecule has 1 atom stereocenters. The Morgan fingerprint density at radius 3 is 2.62 bits per heavy atom. The number of benzene rings is 2. The average Bonchev–Trinajstić information content (AvgIpc) is 3.32. The van der Waals surface area contributed by atoms with Gasteiger partial charge in [0, 0.05) is 30.9 Å². The van der Waals surface area contributed by atoms with Crippen molar-refractivity contribution in [2.45, 2.75) is 18.4 Å². The van der Waals surface area contributed by atoms with Crippen LogP contribution in [0.3, 0.4) is 0 Å². The monoisotopic (exact) mass is 537 g/mol. The molecule has 0 saturated carbocycles. The third kappa shape index (κ3) is 5.32. The molecule has 3 aromatic rings. The number of hydrogen-bond acceptors (Lipinski definition) is 8. The molecule has 2 aliphatic rings. The van der Waals surface area contributed by atoms with Gasteiger partial charge < -0.3 is 30.1 Å². The van der Waals surface area contributed by atoms with E-state index in [-0.39, 0.29) is 29.4 Å². The number of carbonyl (C=O) groups is 2. The molecular formula is C27H29F2N7O3. The molecule has 1 saturated heterocycles. The van der Waals surface area contributed by atoms with Crippen LogP contribution in [0.4, 0.5) is 37.6 Å². The van der Waals surface area contributed by atoms with Gasteiger partial charge in [0.1, 0.15) is 11.4 Å². The molecule has 2 amide bonds. The van der Waals surface area contributed by atoms with Crippen molar-refractivity contribution < 1.29 is 23.1 Å². The van der Waals surface area contributed by atoms with Crippen molar-refractivity contribution in [3.63, 3.8) is 0 Å². The summed E-state index contributed by atoms with van der Waals surface area (Å²) in [4.78, 5) is 38.4. The number of ether oxygens (including phenoxy) is 1. The maximum absolute atomic E-state index is 14.9. The van der Waals surface area contributed by atoms with Crippen molar-refractivity contribution in [3.05, 3.63) is 60.3 Å². The summed E-state index contributed by atoms with van der Waals surface area (Å²) in [5.74, 6) is -4.57. The lowest BCUT2D eigenvalue weighted by Gasteiger charge is -2.25. The Kier molecular flexibility index (Phi) is 7.04. The molecule has 0 spiro atoms. The number of likely N-dealkylation sites (N-methyl/N-ethyl adjacent to an activating group) is 1. The number of likely N-dealkylation sites (tertiary alicyclic amines) is 1. The topological polar surface area (TPSA) is 103 Å². The smallest absolute Gasteiger partial charge is 0.342 e. The third-order valence-corrected chi connectivity index (χ3v) is 6.85. The first kappa shape index (κ1) is 26.3. The summed E-state index contributed by atoms with van der Waals surface area (Å²) < 4.78 is 35.2. The summed E-state index contributed by atoms with van der Waals surface area (Å²) in [7, 11) is 4.77. The average molecular weight is 538 g/mol. The molecule has 5 rings (SSSR count). The van der Waals surface area contributed by atoms with Gasteiger partial charge in [-0.25, -0.2) is 4.98 Å². The molecule has 12 heteroatoms. The van der Waals surface area contributed by atoms with Gasteiger partial charge in [0.2, 0.25) is 5.95 Å². The lowest BCUT2D eigenvalue weighted by atomic mass is 10.1. The summed E-state index contributed by atoms with van der Waals surface area (Å²) >= 11 is 0. The number of methoxy groups -OCH3 is 1. The van der Waals surface area contributed by atoms with Crippen molar-refractivity contribution >= 4 is 40.6 Å². The van der Waals surface area contributed by atoms with Crippen LogP contribution in [0.15, 0.2) is 54.7 Å². The fourth-order valence-corrected chi connectivity index (χ4v) is 4.76. The molecule has 1 unspecified atom stereocenters. The number of amides is 2. The number of aromatic nitrogens is 2. The first-order valence-corrected chi connectivity index (χ1v) is 12.5. The van der Waals surface area contributed by atoms with Crippen LogP contribution in [0, 0.1) is 0 Å². The molecule has 39 heavy (non-hydrogen) atoms. The van der Waals surface area contributed by atoms with Crippen LogP contribution in [0.25, 0.3) is 0 Å². The first-order chi connectivity index (χ1) is 18.7. The van der Waals surface area contributed by atoms with E-state index in [1.165, 1.54) is 25.3 Å². The number of rotatable bonds is 6. The van der Waals surface area contributed by atoms with E-state index in [1.54, 1.807) is 48.5 Å². The van der Waals surface area contributed by atoms with Gasteiger partial charge in [-0.15, -0.1) is 0 Å². The number of para-hydroxylation sites is 1. The third-order valence-electron chi connectivity index (χ3n) is 6.85. The van der Waals surface area contributed by atoms with Crippen LogP contribution in [-0.4, -0.2) is 79.5 Å². The van der Waals surface area contributed by atoms with E-state index in [4.69, 9.17) is 4.74 Å². The summed E-state index contributed by atoms with van der Waals surface area (Å²) in [5.41, 5.74) is 1.51. The van der Waals surface area contributed by atoms with E-state index < -0.39 is 18.4 Å². The molecule has 0 aliphatic carbocycles. The Morgan fingerprint density at radius 2 is 1.92 bits per heavy atom. The van der Waals surface area contributed by atoms with E-state index in [1.807, 2.05) is 7.05 Å². The predicted octanol–water partition coefficient (Wildman–Crippen LogP) is 3.41. The van der Waals surface area contributed by atoms with Crippen LogP contribution in [0.1, 0.15) is 16.8 Å². The standard InChI is InChI=1S/C27H29F2N7O3/c1-34-12-11-18(15-34)31-24(37)17-9-10-20(22(13-17)39-3)32-26-30-14-21-23(33-26)36(19-7-5-4-6-8-19)16-27(28,29)25(38)35(21)2/h4-10,13-14,18H,11-12,15-16H2,1-3H3,(H,31,37)(H,30,32,33). The second-order valence-electron chi connectivity index (χ2n) is 9.65. The Bertz CT molecular complexity index is 1390. The Hall–Kier alpha value is -4.32. The van der Waals surface area contributed by atoms with Gasteiger partial charge in [0.15, 0.2) is 5.82 Å². The normalized spacial score (nSPS) is 18.9. The van der Waals surface area contributed by atoms with Crippen LogP contribution in [0.5, 0.6) is 5.75 Å². The number of carbonyl (C=O) groups excluding carboxylic acids is 2. The molecule has 2 aromatic carbocycles. The zero-order valence-electron chi connectivity index (χ0n) is 21.8. The predicted molar refractivity (Wildman–Crippen MR) is 143 cm³/mol. The molecule has 2 aliphatic heterocycles. The fourth-order valence-electron chi connectivity index (χ4n) is 4.76. The Morgan fingerprint density at radius 1 is 1.15 bits per heavy atom. The molecule has 0 radical (unpaired) electrons. The zero-order chi connectivity index (χ0) is 27.7. The van der Waals surface area contributed by atoms with Crippen molar-refractivity contribution in [3.8, 4) is 5.75 Å². The van der Waals surface area contributed by atoms with E-state index in [2.05, 4.69) is 25.5 Å². The maximum atomic E-state index is 14.9. The first-order valence-electron chi connectivity index (χ1n) is 12.5. The van der Waals surface area contributed by atoms with E-state index >= 15 is 0 Å². The molecule has 1 aromatic heterocycles. The van der Waals surface area contributed by atoms with Crippen molar-refractivity contribution in [2.24, 2.45) is 0 Å². The van der Waals surface area contributed by atoms with Crippen molar-refractivity contribution in [1.82, 2.24) is 20.2 Å². The van der Waals surface area contributed by atoms with Gasteiger partial charge in [-0.05, 0) is 50.3 Å². The highest BCUT2D eigenvalue weighted by Gasteiger charge is 2.47. The van der Waals surface area contributed by atoms with E-state index in [9.17, 15) is 18.4 Å². The van der Waals surface area contributed by atoms with Gasteiger partial charge in [-0.1, -0.05) is 18.2 Å². The largest absolute Gasteiger partial charge is 0.495 e. The molecule has 1 fully saturated rings. The van der Waals surface area contributed by atoms with Gasteiger partial charge in [-0.3, -0.25) is 9.59 Å². The van der Waals surface area contributed by atoms with Crippen LogP contribution < -0.4 is 25.2 Å². The molecule has 10 nitrogen and oxygen atoms in total. The summed E-state index contributed by atoms with van der Waals surface area (Å²) in [6, 6.07) is 13.6. The van der Waals surface area contributed by atoms with Crippen LogP contribution >= 0.6 is 0 Å². The van der Waals surface area contributed by atoms with E-state index in [0.717, 1.165) is 24.4 Å². The minimum absolute atomic E-state index is 0.0872. The SMILES string of the molecule is COc1cc(C(=O)NC2CCN(C)C2)ccc1Nc1ncc2c(n1)N(c1ccccc1)CC(F)(F)C(=O)N2C. The van der Waals surface area contributed by atoms with Crippen molar-refractivity contribution in [2.75, 3.05) is 56.0 Å². The van der Waals surface area contributed by atoms with Gasteiger partial charge in [-0.2, -0.15) is 13.8 Å². The fraction of sp³-hybridized carbons (Fsp3) is 0.333. The maximum Gasteiger partial charge on any atom is 0.342 e. The van der Waals surface area contributed by atoms with Crippen LogP contribution in [-0.2, 0) is 4.79 Å². The van der Waals surface area contributed by atoms with Gasteiger partial charge in [0.05, 0.1) is 25.5 Å². The Balaban J connectivity index is 1.44. The number of fused-ring (bicyclic) bond motifs is 1. The second kappa shape index (κ2) is 10.4. The molecule has 204 valence electrons. The number of alkyl halides is 2. The number of hydrogen-bond donors (Lipinski definition) is 2. The molecule has 2 N–H and O–H groups in total. The molecular weight excluding hydrogens is 508 g/mol. The lowest BCUT2D eigenvalue weighted by molar-refractivity contribution is -0.140. The minimum Gasteiger partial charge on any atom is -0.495 e. The quantitative estimate of drug-likeness (QED) is 0.493. The highest BCUT2D eigenvalue weighted by atomic mass is 19.3. The molecule has 0 bridgehead atoms. The number of nitrogens with zero attached hydrogens (tertiary/aromatic N) is 5. The summed E-state index contributed by atoms with van der Waals surface area (Å²) in [6.45, 7) is 0.847. The van der Waals surface area contributed by atoms with Gasteiger partial charge >= 0.3 is 5.92 Å². The molecule has 3 heterocycles.